The lowest BCUT2D eigenvalue weighted by Crippen LogP contribution is -2.37. The number of carboxylic acid groups (broad SMARTS) is 1. The van der Waals surface area contributed by atoms with Crippen molar-refractivity contribution in [1.29, 1.82) is 0 Å². The lowest BCUT2D eigenvalue weighted by atomic mass is 9.89. The van der Waals surface area contributed by atoms with E-state index in [4.69, 9.17) is 9.94 Å². The van der Waals surface area contributed by atoms with Gasteiger partial charge in [0.25, 0.3) is 5.91 Å². The number of nitrogens with zero attached hydrogens (tertiary/aromatic N) is 1. The maximum absolute atomic E-state index is 13.2. The highest BCUT2D eigenvalue weighted by atomic mass is 19.1. The number of carboxylic acids is 1. The van der Waals surface area contributed by atoms with Gasteiger partial charge in [0.05, 0.1) is 11.1 Å². The van der Waals surface area contributed by atoms with E-state index in [2.05, 4.69) is 10.5 Å². The second-order valence-electron chi connectivity index (χ2n) is 6.08. The summed E-state index contributed by atoms with van der Waals surface area (Å²) in [7, 11) is 0. The molecule has 7 heteroatoms. The molecule has 0 saturated heterocycles. The van der Waals surface area contributed by atoms with Crippen LogP contribution in [0.3, 0.4) is 0 Å². The molecule has 1 unspecified atom stereocenters. The molecule has 0 aromatic heterocycles. The first kappa shape index (κ1) is 16.9. The molecule has 6 nitrogen and oxygen atoms in total. The van der Waals surface area contributed by atoms with Crippen molar-refractivity contribution in [3.8, 4) is 0 Å². The number of oxime groups is 1. The van der Waals surface area contributed by atoms with E-state index in [1.165, 1.54) is 12.1 Å². The third-order valence-corrected chi connectivity index (χ3v) is 3.75. The summed E-state index contributed by atoms with van der Waals surface area (Å²) in [6.07, 6.45) is -0.225. The molecular formula is C16H19FN2O4. The zero-order valence-corrected chi connectivity index (χ0v) is 13.0. The fraction of sp³-hybridized carbons (Fsp3) is 0.438. The van der Waals surface area contributed by atoms with E-state index in [0.29, 0.717) is 17.7 Å². The number of carbonyl (C=O) groups excluding carboxylic acids is 1. The van der Waals surface area contributed by atoms with E-state index in [1.54, 1.807) is 26.0 Å². The number of aliphatic carboxylic acids is 1. The zero-order chi connectivity index (χ0) is 17.0. The molecule has 2 rings (SSSR count). The van der Waals surface area contributed by atoms with Crippen LogP contribution in [0.2, 0.25) is 0 Å². The molecule has 1 heterocycles. The Morgan fingerprint density at radius 2 is 2.22 bits per heavy atom. The molecule has 0 fully saturated rings. The molecule has 23 heavy (non-hydrogen) atoms. The Morgan fingerprint density at radius 3 is 2.87 bits per heavy atom. The van der Waals surface area contributed by atoms with Crippen molar-refractivity contribution in [2.45, 2.75) is 32.8 Å². The van der Waals surface area contributed by atoms with Crippen molar-refractivity contribution in [2.75, 3.05) is 6.54 Å². The quantitative estimate of drug-likeness (QED) is 0.838. The van der Waals surface area contributed by atoms with Crippen LogP contribution in [0.1, 0.15) is 32.3 Å². The number of hydrogen-bond donors (Lipinski definition) is 2. The number of hydrogen-bond acceptors (Lipinski definition) is 4. The topological polar surface area (TPSA) is 88.0 Å². The summed E-state index contributed by atoms with van der Waals surface area (Å²) in [4.78, 5) is 28.1. The normalized spacial score (nSPS) is 17.3. The smallest absolute Gasteiger partial charge is 0.309 e. The summed E-state index contributed by atoms with van der Waals surface area (Å²) < 4.78 is 13.2. The standard InChI is InChI=1S/C16H19FN2O4/c1-16(2,15(21)22)6-7-18-14(20)13-9-12(19-23-13)10-4-3-5-11(17)8-10/h3-5,8,13H,6-7,9H2,1-2H3,(H,18,20)(H,21,22). The Hall–Kier alpha value is -2.44. The van der Waals surface area contributed by atoms with E-state index in [1.807, 2.05) is 0 Å². The van der Waals surface area contributed by atoms with Crippen molar-refractivity contribution < 1.29 is 23.9 Å². The van der Waals surface area contributed by atoms with Crippen LogP contribution in [0.4, 0.5) is 4.39 Å². The molecule has 1 atom stereocenters. The Labute approximate surface area is 133 Å². The fourth-order valence-corrected chi connectivity index (χ4v) is 2.08. The van der Waals surface area contributed by atoms with Gasteiger partial charge in [-0.1, -0.05) is 17.3 Å². The highest BCUT2D eigenvalue weighted by molar-refractivity contribution is 6.04. The van der Waals surface area contributed by atoms with E-state index in [-0.39, 0.29) is 24.7 Å². The summed E-state index contributed by atoms with van der Waals surface area (Å²) in [5.41, 5.74) is 0.176. The number of amides is 1. The second kappa shape index (κ2) is 6.76. The highest BCUT2D eigenvalue weighted by Gasteiger charge is 2.30. The maximum Gasteiger partial charge on any atom is 0.309 e. The largest absolute Gasteiger partial charge is 0.481 e. The summed E-state index contributed by atoms with van der Waals surface area (Å²) in [6, 6.07) is 5.92. The molecule has 0 spiro atoms. The molecule has 1 aromatic carbocycles. The monoisotopic (exact) mass is 322 g/mol. The molecular weight excluding hydrogens is 303 g/mol. The Kier molecular flexibility index (Phi) is 4.98. The zero-order valence-electron chi connectivity index (χ0n) is 13.0. The van der Waals surface area contributed by atoms with Crippen LogP contribution in [-0.4, -0.2) is 35.3 Å². The number of halogens is 1. The van der Waals surface area contributed by atoms with Crippen LogP contribution in [0, 0.1) is 11.2 Å². The minimum absolute atomic E-state index is 0.229. The van der Waals surface area contributed by atoms with Gasteiger partial charge in [0, 0.05) is 18.5 Å². The van der Waals surface area contributed by atoms with Crippen molar-refractivity contribution in [2.24, 2.45) is 10.6 Å². The SMILES string of the molecule is CC(C)(CCNC(=O)C1CC(c2cccc(F)c2)=NO1)C(=O)O. The summed E-state index contributed by atoms with van der Waals surface area (Å²) >= 11 is 0. The van der Waals surface area contributed by atoms with Gasteiger partial charge in [0.1, 0.15) is 5.82 Å². The molecule has 1 aliphatic rings. The Bertz CT molecular complexity index is 643. The average Bonchev–Trinajstić information content (AvgIpc) is 2.96. The fourth-order valence-electron chi connectivity index (χ4n) is 2.08. The first-order chi connectivity index (χ1) is 10.8. The van der Waals surface area contributed by atoms with Gasteiger partial charge in [-0.25, -0.2) is 4.39 Å². The van der Waals surface area contributed by atoms with E-state index in [9.17, 15) is 14.0 Å². The van der Waals surface area contributed by atoms with Crippen molar-refractivity contribution in [1.82, 2.24) is 5.32 Å². The summed E-state index contributed by atoms with van der Waals surface area (Å²) in [6.45, 7) is 3.42. The minimum atomic E-state index is -0.916. The first-order valence-corrected chi connectivity index (χ1v) is 7.29. The van der Waals surface area contributed by atoms with Crippen LogP contribution < -0.4 is 5.32 Å². The third kappa shape index (κ3) is 4.28. The first-order valence-electron chi connectivity index (χ1n) is 7.29. The highest BCUT2D eigenvalue weighted by Crippen LogP contribution is 2.20. The van der Waals surface area contributed by atoms with Gasteiger partial charge >= 0.3 is 5.97 Å². The average molecular weight is 322 g/mol. The second-order valence-corrected chi connectivity index (χ2v) is 6.08. The van der Waals surface area contributed by atoms with E-state index >= 15 is 0 Å². The summed E-state index contributed by atoms with van der Waals surface area (Å²) in [5.74, 6) is -1.66. The maximum atomic E-state index is 13.2. The molecule has 0 aliphatic carbocycles. The van der Waals surface area contributed by atoms with Crippen LogP contribution in [0.5, 0.6) is 0 Å². The summed E-state index contributed by atoms with van der Waals surface area (Å²) in [5, 5.41) is 15.5. The predicted molar refractivity (Wildman–Crippen MR) is 81.5 cm³/mol. The van der Waals surface area contributed by atoms with Crippen LogP contribution in [0.25, 0.3) is 0 Å². The number of carbonyl (C=O) groups is 2. The van der Waals surface area contributed by atoms with Crippen molar-refractivity contribution >= 4 is 17.6 Å². The minimum Gasteiger partial charge on any atom is -0.481 e. The molecule has 1 amide bonds. The number of nitrogens with one attached hydrogen (secondary N) is 1. The predicted octanol–water partition coefficient (Wildman–Crippen LogP) is 1.94. The number of benzene rings is 1. The van der Waals surface area contributed by atoms with E-state index < -0.39 is 17.5 Å². The molecule has 1 aromatic rings. The number of rotatable bonds is 6. The molecule has 1 aliphatic heterocycles. The van der Waals surface area contributed by atoms with Gasteiger partial charge in [-0.2, -0.15) is 0 Å². The third-order valence-electron chi connectivity index (χ3n) is 3.75. The van der Waals surface area contributed by atoms with Gasteiger partial charge in [-0.05, 0) is 32.4 Å². The van der Waals surface area contributed by atoms with Gasteiger partial charge in [-0.15, -0.1) is 0 Å². The lowest BCUT2D eigenvalue weighted by molar-refractivity contribution is -0.147. The molecule has 124 valence electrons. The Morgan fingerprint density at radius 1 is 1.48 bits per heavy atom. The van der Waals surface area contributed by atoms with Gasteiger partial charge in [0.15, 0.2) is 0 Å². The van der Waals surface area contributed by atoms with Crippen LogP contribution in [-0.2, 0) is 14.4 Å². The molecule has 0 saturated carbocycles. The molecule has 0 bridgehead atoms. The van der Waals surface area contributed by atoms with Gasteiger partial charge in [0.2, 0.25) is 6.10 Å². The molecule has 0 radical (unpaired) electrons. The van der Waals surface area contributed by atoms with Crippen molar-refractivity contribution in [3.63, 3.8) is 0 Å². The van der Waals surface area contributed by atoms with Gasteiger partial charge < -0.3 is 15.3 Å². The van der Waals surface area contributed by atoms with Gasteiger partial charge in [-0.3, -0.25) is 9.59 Å². The van der Waals surface area contributed by atoms with Crippen LogP contribution in [0.15, 0.2) is 29.4 Å². The van der Waals surface area contributed by atoms with E-state index in [0.717, 1.165) is 0 Å². The van der Waals surface area contributed by atoms with Crippen LogP contribution >= 0.6 is 0 Å². The molecule has 2 N–H and O–H groups in total. The lowest BCUT2D eigenvalue weighted by Gasteiger charge is -2.19. The Balaban J connectivity index is 1.84. The van der Waals surface area contributed by atoms with Crippen molar-refractivity contribution in [3.05, 3.63) is 35.6 Å².